The standard InChI is InChI=1S/C43H25N7/c1-3-9-30-23-37-33(21-28(30)7-1)11-5-13-35(37)42-44-41(27-17-15-26(16-18-27)32-19-20-39-40(25-32)48-50-49-47-39)45-43(46-42)36-14-6-12-34-22-29-8-2-4-10-31(29)24-38(34)36/h1-25H. The molecule has 0 aliphatic rings. The Bertz CT molecular complexity index is 2800. The van der Waals surface area contributed by atoms with E-state index in [9.17, 15) is 0 Å². The fourth-order valence-electron chi connectivity index (χ4n) is 6.89. The van der Waals surface area contributed by atoms with Crippen LogP contribution in [0.4, 0.5) is 0 Å². The maximum absolute atomic E-state index is 5.21. The van der Waals surface area contributed by atoms with Crippen molar-refractivity contribution in [3.63, 3.8) is 0 Å². The van der Waals surface area contributed by atoms with Crippen molar-refractivity contribution < 1.29 is 0 Å². The molecule has 8 aromatic carbocycles. The SMILES string of the molecule is c1ccc2cc3c(-c4nc(-c5ccc(-c6ccc7nnnnc7c6)cc5)nc(-c5cccc6cc7ccccc7cc56)n4)cccc3cc2c1. The number of rotatable bonds is 4. The number of fused-ring (bicyclic) bond motifs is 5. The van der Waals surface area contributed by atoms with Gasteiger partial charge in [-0.2, -0.15) is 0 Å². The van der Waals surface area contributed by atoms with Gasteiger partial charge in [0.2, 0.25) is 0 Å². The van der Waals surface area contributed by atoms with E-state index >= 15 is 0 Å². The van der Waals surface area contributed by atoms with Crippen molar-refractivity contribution in [2.45, 2.75) is 0 Å². The van der Waals surface area contributed by atoms with E-state index in [0.717, 1.165) is 49.4 Å². The van der Waals surface area contributed by atoms with Crippen LogP contribution < -0.4 is 0 Å². The van der Waals surface area contributed by atoms with Crippen LogP contribution in [0.5, 0.6) is 0 Å². The van der Waals surface area contributed by atoms with Crippen molar-refractivity contribution >= 4 is 54.1 Å². The maximum atomic E-state index is 5.21. The van der Waals surface area contributed by atoms with Gasteiger partial charge in [-0.1, -0.05) is 115 Å². The molecule has 0 atom stereocenters. The van der Waals surface area contributed by atoms with Gasteiger partial charge < -0.3 is 0 Å². The van der Waals surface area contributed by atoms with E-state index in [-0.39, 0.29) is 0 Å². The van der Waals surface area contributed by atoms with Crippen LogP contribution in [0.15, 0.2) is 152 Å². The molecule has 7 nitrogen and oxygen atoms in total. The molecule has 7 heteroatoms. The van der Waals surface area contributed by atoms with Crippen LogP contribution in [0.2, 0.25) is 0 Å². The van der Waals surface area contributed by atoms with Crippen LogP contribution in [-0.2, 0) is 0 Å². The topological polar surface area (TPSA) is 90.2 Å². The number of hydrogen-bond donors (Lipinski definition) is 0. The molecule has 0 fully saturated rings. The zero-order chi connectivity index (χ0) is 33.0. The first-order chi connectivity index (χ1) is 24.7. The molecule has 0 unspecified atom stereocenters. The van der Waals surface area contributed by atoms with E-state index in [1.165, 1.54) is 21.5 Å². The van der Waals surface area contributed by atoms with Crippen LogP contribution in [-0.4, -0.2) is 35.6 Å². The summed E-state index contributed by atoms with van der Waals surface area (Å²) in [5.41, 5.74) is 6.25. The molecule has 50 heavy (non-hydrogen) atoms. The Morgan fingerprint density at radius 1 is 0.300 bits per heavy atom. The van der Waals surface area contributed by atoms with E-state index in [2.05, 4.69) is 154 Å². The minimum atomic E-state index is 0.604. The maximum Gasteiger partial charge on any atom is 0.164 e. The number of benzene rings is 8. The molecule has 0 saturated carbocycles. The lowest BCUT2D eigenvalue weighted by Gasteiger charge is -2.13. The van der Waals surface area contributed by atoms with Gasteiger partial charge >= 0.3 is 0 Å². The number of aromatic nitrogens is 7. The molecule has 0 saturated heterocycles. The summed E-state index contributed by atoms with van der Waals surface area (Å²) in [5.74, 6) is 1.86. The van der Waals surface area contributed by atoms with Gasteiger partial charge in [0.05, 0.1) is 0 Å². The summed E-state index contributed by atoms with van der Waals surface area (Å²) in [4.78, 5) is 15.5. The summed E-state index contributed by atoms with van der Waals surface area (Å²) in [6, 6.07) is 52.7. The summed E-state index contributed by atoms with van der Waals surface area (Å²) in [7, 11) is 0. The molecule has 0 N–H and O–H groups in total. The molecule has 0 aliphatic carbocycles. The summed E-state index contributed by atoms with van der Waals surface area (Å²) < 4.78 is 0. The number of hydrogen-bond acceptors (Lipinski definition) is 7. The van der Waals surface area contributed by atoms with Gasteiger partial charge in [0.25, 0.3) is 0 Å². The molecule has 0 bridgehead atoms. The highest BCUT2D eigenvalue weighted by molar-refractivity contribution is 6.06. The first-order valence-corrected chi connectivity index (χ1v) is 16.4. The average Bonchev–Trinajstić information content (AvgIpc) is 3.18. The Morgan fingerprint density at radius 2 is 0.760 bits per heavy atom. The predicted molar refractivity (Wildman–Crippen MR) is 200 cm³/mol. The molecule has 0 aliphatic heterocycles. The van der Waals surface area contributed by atoms with Gasteiger partial charge in [-0.05, 0) is 101 Å². The Balaban J connectivity index is 1.17. The van der Waals surface area contributed by atoms with Crippen LogP contribution in [0.3, 0.4) is 0 Å². The van der Waals surface area contributed by atoms with Crippen molar-refractivity contribution in [1.82, 2.24) is 35.6 Å². The minimum absolute atomic E-state index is 0.604. The zero-order valence-corrected chi connectivity index (χ0v) is 26.6. The normalized spacial score (nSPS) is 11.6. The highest BCUT2D eigenvalue weighted by Crippen LogP contribution is 2.35. The average molecular weight is 640 g/mol. The van der Waals surface area contributed by atoms with Crippen LogP contribution in [0, 0.1) is 0 Å². The third kappa shape index (κ3) is 4.79. The Labute approximate surface area is 286 Å². The van der Waals surface area contributed by atoms with Gasteiger partial charge in [0.15, 0.2) is 17.5 Å². The first kappa shape index (κ1) is 28.1. The molecule has 232 valence electrons. The van der Waals surface area contributed by atoms with Crippen LogP contribution >= 0.6 is 0 Å². The zero-order valence-electron chi connectivity index (χ0n) is 26.6. The summed E-state index contributed by atoms with van der Waals surface area (Å²) >= 11 is 0. The molecule has 0 spiro atoms. The predicted octanol–water partition coefficient (Wildman–Crippen LogP) is 9.89. The molecule has 0 amide bonds. The highest BCUT2D eigenvalue weighted by Gasteiger charge is 2.17. The second-order valence-electron chi connectivity index (χ2n) is 12.4. The van der Waals surface area contributed by atoms with E-state index in [4.69, 9.17) is 15.0 Å². The van der Waals surface area contributed by atoms with Crippen molar-refractivity contribution in [2.75, 3.05) is 0 Å². The second kappa shape index (κ2) is 11.3. The lowest BCUT2D eigenvalue weighted by molar-refractivity contribution is 0.797. The quantitative estimate of drug-likeness (QED) is 0.177. The lowest BCUT2D eigenvalue weighted by atomic mass is 9.98. The molecule has 10 rings (SSSR count). The largest absolute Gasteiger partial charge is 0.208 e. The highest BCUT2D eigenvalue weighted by atomic mass is 15.4. The van der Waals surface area contributed by atoms with E-state index in [1.54, 1.807) is 0 Å². The Morgan fingerprint density at radius 3 is 1.34 bits per heavy atom. The van der Waals surface area contributed by atoms with Crippen molar-refractivity contribution in [3.8, 4) is 45.3 Å². The van der Waals surface area contributed by atoms with Gasteiger partial charge in [0.1, 0.15) is 11.0 Å². The Hall–Kier alpha value is -6.99. The fraction of sp³-hybridized carbons (Fsp3) is 0. The van der Waals surface area contributed by atoms with E-state index in [1.807, 2.05) is 18.2 Å². The van der Waals surface area contributed by atoms with Gasteiger partial charge in [-0.25, -0.2) is 15.0 Å². The second-order valence-corrected chi connectivity index (χ2v) is 12.4. The van der Waals surface area contributed by atoms with E-state index < -0.39 is 0 Å². The van der Waals surface area contributed by atoms with Gasteiger partial charge in [0, 0.05) is 16.7 Å². The monoisotopic (exact) mass is 639 g/mol. The summed E-state index contributed by atoms with van der Waals surface area (Å²) in [6.07, 6.45) is 0. The third-order valence-electron chi connectivity index (χ3n) is 9.41. The van der Waals surface area contributed by atoms with E-state index in [0.29, 0.717) is 28.5 Å². The van der Waals surface area contributed by atoms with Gasteiger partial charge in [-0.3, -0.25) is 0 Å². The van der Waals surface area contributed by atoms with Crippen molar-refractivity contribution in [2.24, 2.45) is 0 Å². The third-order valence-corrected chi connectivity index (χ3v) is 9.41. The molecule has 0 radical (unpaired) electrons. The van der Waals surface area contributed by atoms with Crippen molar-refractivity contribution in [1.29, 1.82) is 0 Å². The first-order valence-electron chi connectivity index (χ1n) is 16.4. The molecule has 10 aromatic rings. The van der Waals surface area contributed by atoms with Crippen LogP contribution in [0.1, 0.15) is 0 Å². The molecule has 2 aromatic heterocycles. The fourth-order valence-corrected chi connectivity index (χ4v) is 6.89. The molecule has 2 heterocycles. The Kier molecular flexibility index (Phi) is 6.35. The van der Waals surface area contributed by atoms with Gasteiger partial charge in [-0.15, -0.1) is 10.2 Å². The summed E-state index contributed by atoms with van der Waals surface area (Å²) in [6.45, 7) is 0. The van der Waals surface area contributed by atoms with Crippen LogP contribution in [0.25, 0.3) is 99.4 Å². The summed E-state index contributed by atoms with van der Waals surface area (Å²) in [5, 5.41) is 24.7. The minimum Gasteiger partial charge on any atom is -0.208 e. The molecular weight excluding hydrogens is 615 g/mol. The smallest absolute Gasteiger partial charge is 0.164 e. The molecular formula is C43H25N7. The van der Waals surface area contributed by atoms with Crippen molar-refractivity contribution in [3.05, 3.63) is 152 Å². The number of nitrogens with zero attached hydrogens (tertiary/aromatic N) is 7. The lowest BCUT2D eigenvalue weighted by Crippen LogP contribution is -2.01.